The Labute approximate surface area is 135 Å². The number of aliphatic hydroxyl groups excluding tert-OH is 1. The minimum atomic E-state index is -1.30. The van der Waals surface area contributed by atoms with Crippen LogP contribution in [0, 0.1) is 0 Å². The molecule has 0 unspecified atom stereocenters. The smallest absolute Gasteiger partial charge is 0.256 e. The number of hydrogen-bond donors (Lipinski definition) is 1. The van der Waals surface area contributed by atoms with E-state index in [0.717, 1.165) is 5.56 Å². The highest BCUT2D eigenvalue weighted by atomic mass is 35.5. The maximum absolute atomic E-state index is 12.2. The second-order valence-electron chi connectivity index (χ2n) is 4.93. The molecule has 0 aliphatic carbocycles. The molecule has 2 aromatic carbocycles. The lowest BCUT2D eigenvalue weighted by Crippen LogP contribution is -2.35. The van der Waals surface area contributed by atoms with Gasteiger partial charge in [0, 0.05) is 13.2 Å². The molecule has 2 aromatic rings. The normalized spacial score (nSPS) is 13.8. The number of hydrogen-bond acceptors (Lipinski definition) is 2. The first-order chi connectivity index (χ1) is 10.6. The van der Waals surface area contributed by atoms with Gasteiger partial charge in [0.15, 0.2) is 6.10 Å². The summed E-state index contributed by atoms with van der Waals surface area (Å²) in [6.45, 7) is 0. The summed E-state index contributed by atoms with van der Waals surface area (Å²) in [7, 11) is 1.60. The Bertz CT molecular complexity index is 628. The highest BCUT2D eigenvalue weighted by Crippen LogP contribution is 2.25. The van der Waals surface area contributed by atoms with Gasteiger partial charge < -0.3 is 10.0 Å². The average Bonchev–Trinajstić information content (AvgIpc) is 2.59. The van der Waals surface area contributed by atoms with Gasteiger partial charge in [-0.3, -0.25) is 4.79 Å². The molecule has 2 rings (SSSR count). The Kier molecular flexibility index (Phi) is 5.75. The van der Waals surface area contributed by atoms with Crippen LogP contribution >= 0.6 is 11.6 Å². The van der Waals surface area contributed by atoms with Crippen LogP contribution in [-0.2, 0) is 4.79 Å². The molecule has 0 aliphatic heterocycles. The van der Waals surface area contributed by atoms with Crippen LogP contribution in [0.4, 0.5) is 0 Å². The minimum Gasteiger partial charge on any atom is -0.381 e. The maximum atomic E-state index is 12.2. The van der Waals surface area contributed by atoms with E-state index in [-0.39, 0.29) is 0 Å². The van der Waals surface area contributed by atoms with Crippen molar-refractivity contribution in [2.75, 3.05) is 7.05 Å². The number of carbonyl (C=O) groups is 1. The molecule has 0 spiro atoms. The summed E-state index contributed by atoms with van der Waals surface area (Å²) in [6.07, 6.45) is 2.13. The SMILES string of the molecule is CN(/C=C\c1ccccc1)C(=O)[C@H](O)[C@H](Cl)c1ccccc1. The van der Waals surface area contributed by atoms with Gasteiger partial charge in [0.25, 0.3) is 5.91 Å². The Morgan fingerprint density at radius 1 is 1.09 bits per heavy atom. The van der Waals surface area contributed by atoms with E-state index in [1.54, 1.807) is 31.5 Å². The molecule has 4 heteroatoms. The lowest BCUT2D eigenvalue weighted by Gasteiger charge is -2.21. The number of rotatable bonds is 5. The standard InChI is InChI=1S/C18H18ClNO2/c1-20(13-12-14-8-4-2-5-9-14)18(22)17(21)16(19)15-10-6-3-7-11-15/h2-13,16-17,21H,1H3/b13-12-/t16-,17-/m1/s1. The summed E-state index contributed by atoms with van der Waals surface area (Å²) < 4.78 is 0. The van der Waals surface area contributed by atoms with Crippen LogP contribution in [0.15, 0.2) is 66.9 Å². The van der Waals surface area contributed by atoms with E-state index in [9.17, 15) is 9.90 Å². The lowest BCUT2D eigenvalue weighted by molar-refractivity contribution is -0.136. The van der Waals surface area contributed by atoms with E-state index in [1.807, 2.05) is 48.5 Å². The van der Waals surface area contributed by atoms with Gasteiger partial charge >= 0.3 is 0 Å². The summed E-state index contributed by atoms with van der Waals surface area (Å²) in [6, 6.07) is 18.7. The second-order valence-corrected chi connectivity index (χ2v) is 5.40. The van der Waals surface area contributed by atoms with Crippen molar-refractivity contribution in [1.82, 2.24) is 4.90 Å². The molecule has 22 heavy (non-hydrogen) atoms. The zero-order valence-corrected chi connectivity index (χ0v) is 13.0. The quantitative estimate of drug-likeness (QED) is 0.858. The average molecular weight is 316 g/mol. The number of carbonyl (C=O) groups excluding carboxylic acids is 1. The van der Waals surface area contributed by atoms with Gasteiger partial charge in [0.2, 0.25) is 0 Å². The van der Waals surface area contributed by atoms with E-state index < -0.39 is 17.4 Å². The molecule has 114 valence electrons. The Morgan fingerprint density at radius 2 is 1.64 bits per heavy atom. The molecule has 0 saturated carbocycles. The summed E-state index contributed by atoms with van der Waals surface area (Å²) in [4.78, 5) is 13.6. The Morgan fingerprint density at radius 3 is 2.23 bits per heavy atom. The number of nitrogens with zero attached hydrogens (tertiary/aromatic N) is 1. The van der Waals surface area contributed by atoms with E-state index in [2.05, 4.69) is 0 Å². The van der Waals surface area contributed by atoms with Gasteiger partial charge in [-0.2, -0.15) is 0 Å². The fourth-order valence-electron chi connectivity index (χ4n) is 1.99. The Balaban J connectivity index is 2.02. The third-order valence-corrected chi connectivity index (χ3v) is 3.78. The predicted octanol–water partition coefficient (Wildman–Crippen LogP) is 3.46. The molecule has 0 heterocycles. The van der Waals surface area contributed by atoms with Gasteiger partial charge in [-0.1, -0.05) is 60.7 Å². The molecule has 1 amide bonds. The fourth-order valence-corrected chi connectivity index (χ4v) is 2.24. The monoisotopic (exact) mass is 315 g/mol. The number of aliphatic hydroxyl groups is 1. The molecule has 0 fully saturated rings. The van der Waals surface area contributed by atoms with Crippen LogP contribution in [0.2, 0.25) is 0 Å². The van der Waals surface area contributed by atoms with Crippen molar-refractivity contribution in [2.24, 2.45) is 0 Å². The molecular weight excluding hydrogens is 298 g/mol. The van der Waals surface area contributed by atoms with Crippen molar-refractivity contribution < 1.29 is 9.90 Å². The van der Waals surface area contributed by atoms with Crippen LogP contribution in [0.1, 0.15) is 16.5 Å². The zero-order valence-electron chi connectivity index (χ0n) is 12.3. The third kappa shape index (κ3) is 4.20. The van der Waals surface area contributed by atoms with Crippen molar-refractivity contribution in [3.8, 4) is 0 Å². The molecule has 0 saturated heterocycles. The topological polar surface area (TPSA) is 40.5 Å². The maximum Gasteiger partial charge on any atom is 0.256 e. The summed E-state index contributed by atoms with van der Waals surface area (Å²) >= 11 is 6.19. The van der Waals surface area contributed by atoms with Crippen LogP contribution in [0.3, 0.4) is 0 Å². The molecule has 0 bridgehead atoms. The van der Waals surface area contributed by atoms with Crippen LogP contribution in [0.5, 0.6) is 0 Å². The molecule has 0 radical (unpaired) electrons. The molecular formula is C18H18ClNO2. The van der Waals surface area contributed by atoms with Gasteiger partial charge in [0.05, 0.1) is 5.38 Å². The van der Waals surface area contributed by atoms with Crippen molar-refractivity contribution in [3.63, 3.8) is 0 Å². The van der Waals surface area contributed by atoms with Crippen molar-refractivity contribution in [3.05, 3.63) is 78.0 Å². The van der Waals surface area contributed by atoms with Crippen LogP contribution in [-0.4, -0.2) is 29.1 Å². The zero-order chi connectivity index (χ0) is 15.9. The third-order valence-electron chi connectivity index (χ3n) is 3.29. The van der Waals surface area contributed by atoms with Crippen molar-refractivity contribution in [2.45, 2.75) is 11.5 Å². The molecule has 0 aromatic heterocycles. The number of amides is 1. The molecule has 2 atom stereocenters. The van der Waals surface area contributed by atoms with Gasteiger partial charge in [-0.25, -0.2) is 0 Å². The van der Waals surface area contributed by atoms with E-state index in [4.69, 9.17) is 11.6 Å². The first-order valence-corrected chi connectivity index (χ1v) is 7.40. The number of alkyl halides is 1. The van der Waals surface area contributed by atoms with Gasteiger partial charge in [-0.05, 0) is 17.2 Å². The Hall–Kier alpha value is -2.10. The van der Waals surface area contributed by atoms with Crippen LogP contribution in [0.25, 0.3) is 6.08 Å². The molecule has 0 aliphatic rings. The molecule has 3 nitrogen and oxygen atoms in total. The van der Waals surface area contributed by atoms with E-state index in [0.29, 0.717) is 5.56 Å². The lowest BCUT2D eigenvalue weighted by atomic mass is 10.1. The highest BCUT2D eigenvalue weighted by molar-refractivity contribution is 6.22. The van der Waals surface area contributed by atoms with Gasteiger partial charge in [-0.15, -0.1) is 11.6 Å². The summed E-state index contributed by atoms with van der Waals surface area (Å²) in [5, 5.41) is 9.37. The first-order valence-electron chi connectivity index (χ1n) is 6.96. The first kappa shape index (κ1) is 16.3. The van der Waals surface area contributed by atoms with Crippen molar-refractivity contribution in [1.29, 1.82) is 0 Å². The fraction of sp³-hybridized carbons (Fsp3) is 0.167. The number of halogens is 1. The van der Waals surface area contributed by atoms with Gasteiger partial charge in [0.1, 0.15) is 0 Å². The summed E-state index contributed by atoms with van der Waals surface area (Å²) in [5.74, 6) is -0.448. The largest absolute Gasteiger partial charge is 0.381 e. The van der Waals surface area contributed by atoms with Crippen molar-refractivity contribution >= 4 is 23.6 Å². The predicted molar refractivity (Wildman–Crippen MR) is 89.3 cm³/mol. The molecule has 1 N–H and O–H groups in total. The van der Waals surface area contributed by atoms with E-state index >= 15 is 0 Å². The van der Waals surface area contributed by atoms with Crippen LogP contribution < -0.4 is 0 Å². The highest BCUT2D eigenvalue weighted by Gasteiger charge is 2.27. The number of benzene rings is 2. The second kappa shape index (κ2) is 7.78. The number of likely N-dealkylation sites (N-methyl/N-ethyl adjacent to an activating group) is 1. The minimum absolute atomic E-state index is 0.448. The van der Waals surface area contributed by atoms with E-state index in [1.165, 1.54) is 4.90 Å². The summed E-state index contributed by atoms with van der Waals surface area (Å²) in [5.41, 5.74) is 1.69.